The van der Waals surface area contributed by atoms with Crippen LogP contribution < -0.4 is 0 Å². The number of nitrogens with one attached hydrogen (secondary N) is 1. The molecule has 2 rings (SSSR count). The molecule has 0 atom stereocenters. The molecule has 0 fully saturated rings. The van der Waals surface area contributed by atoms with Crippen LogP contribution in [0.5, 0.6) is 0 Å². The third kappa shape index (κ3) is 2.76. The van der Waals surface area contributed by atoms with E-state index in [1.54, 1.807) is 32.2 Å². The first kappa shape index (κ1) is 13.1. The number of hydrogen-bond acceptors (Lipinski definition) is 2. The minimum absolute atomic E-state index is 0.164. The number of carboxylic acid groups (broad SMARTS) is 1. The van der Waals surface area contributed by atoms with E-state index in [9.17, 15) is 9.59 Å². The molecule has 0 unspecified atom stereocenters. The van der Waals surface area contributed by atoms with Gasteiger partial charge in [-0.1, -0.05) is 6.07 Å². The Morgan fingerprint density at radius 1 is 1.32 bits per heavy atom. The van der Waals surface area contributed by atoms with Crippen LogP contribution in [0.4, 0.5) is 0 Å². The fraction of sp³-hybridized carbons (Fsp3) is 0.286. The number of hydrogen-bond donors (Lipinski definition) is 2. The normalized spacial score (nSPS) is 10.9. The van der Waals surface area contributed by atoms with E-state index in [2.05, 4.69) is 4.98 Å². The third-order valence-corrected chi connectivity index (χ3v) is 2.99. The molecular weight excluding hydrogens is 244 g/mol. The number of fused-ring (bicyclic) bond motifs is 1. The Bertz CT molecular complexity index is 616. The Balaban J connectivity index is 2.32. The first-order valence-corrected chi connectivity index (χ1v) is 6.09. The van der Waals surface area contributed by atoms with Gasteiger partial charge < -0.3 is 15.0 Å². The Morgan fingerprint density at radius 2 is 2.05 bits per heavy atom. The molecule has 1 amide bonds. The average Bonchev–Trinajstić information content (AvgIpc) is 2.81. The van der Waals surface area contributed by atoms with Gasteiger partial charge in [0, 0.05) is 23.3 Å². The molecule has 5 heteroatoms. The third-order valence-electron chi connectivity index (χ3n) is 2.99. The Kier molecular flexibility index (Phi) is 3.55. The summed E-state index contributed by atoms with van der Waals surface area (Å²) in [6.07, 6.45) is 1.80. The van der Waals surface area contributed by atoms with Gasteiger partial charge in [0.2, 0.25) is 0 Å². The summed E-state index contributed by atoms with van der Waals surface area (Å²) in [4.78, 5) is 27.5. The van der Waals surface area contributed by atoms with Crippen molar-refractivity contribution in [3.8, 4) is 0 Å². The highest BCUT2D eigenvalue weighted by atomic mass is 16.4. The van der Waals surface area contributed by atoms with Crippen LogP contribution in [0.1, 0.15) is 24.2 Å². The highest BCUT2D eigenvalue weighted by molar-refractivity contribution is 5.99. The quantitative estimate of drug-likeness (QED) is 0.884. The summed E-state index contributed by atoms with van der Waals surface area (Å²) in [7, 11) is 0. The lowest BCUT2D eigenvalue weighted by Gasteiger charge is -2.24. The van der Waals surface area contributed by atoms with Crippen molar-refractivity contribution < 1.29 is 14.7 Å². The number of amides is 1. The second kappa shape index (κ2) is 5.14. The van der Waals surface area contributed by atoms with Crippen LogP contribution in [0.3, 0.4) is 0 Å². The molecule has 0 aliphatic carbocycles. The smallest absolute Gasteiger partial charge is 0.323 e. The summed E-state index contributed by atoms with van der Waals surface area (Å²) in [5, 5.41) is 9.89. The predicted molar refractivity (Wildman–Crippen MR) is 72.1 cm³/mol. The summed E-state index contributed by atoms with van der Waals surface area (Å²) in [6.45, 7) is 3.31. The Hall–Kier alpha value is -2.30. The molecule has 0 aliphatic heterocycles. The Labute approximate surface area is 110 Å². The van der Waals surface area contributed by atoms with Gasteiger partial charge in [-0.3, -0.25) is 9.59 Å². The van der Waals surface area contributed by atoms with Gasteiger partial charge in [-0.2, -0.15) is 0 Å². The van der Waals surface area contributed by atoms with Gasteiger partial charge in [0.1, 0.15) is 6.54 Å². The zero-order valence-corrected chi connectivity index (χ0v) is 10.9. The summed E-state index contributed by atoms with van der Waals surface area (Å²) >= 11 is 0. The van der Waals surface area contributed by atoms with Crippen molar-refractivity contribution in [2.45, 2.75) is 19.9 Å². The van der Waals surface area contributed by atoms with Crippen LogP contribution in [-0.4, -0.2) is 39.5 Å². The van der Waals surface area contributed by atoms with Gasteiger partial charge in [0.25, 0.3) is 5.91 Å². The maximum atomic E-state index is 12.3. The summed E-state index contributed by atoms with van der Waals surface area (Å²) < 4.78 is 0. The van der Waals surface area contributed by atoms with Gasteiger partial charge in [-0.15, -0.1) is 0 Å². The predicted octanol–water partition coefficient (Wildman–Crippen LogP) is 2.10. The molecule has 2 N–H and O–H groups in total. The van der Waals surface area contributed by atoms with Crippen molar-refractivity contribution in [2.24, 2.45) is 0 Å². The molecule has 1 aromatic heterocycles. The first-order chi connectivity index (χ1) is 8.99. The number of H-pyrrole nitrogens is 1. The number of carboxylic acids is 1. The van der Waals surface area contributed by atoms with Gasteiger partial charge >= 0.3 is 5.97 Å². The van der Waals surface area contributed by atoms with Crippen LogP contribution >= 0.6 is 0 Å². The van der Waals surface area contributed by atoms with Crippen LogP contribution in [-0.2, 0) is 4.79 Å². The number of aromatic nitrogens is 1. The number of nitrogens with zero attached hydrogens (tertiary/aromatic N) is 1. The van der Waals surface area contributed by atoms with Gasteiger partial charge in [-0.05, 0) is 37.4 Å². The SMILES string of the molecule is CC(C)N(CC(=O)O)C(=O)c1ccc2cc[nH]c2c1. The fourth-order valence-electron chi connectivity index (χ4n) is 1.98. The van der Waals surface area contributed by atoms with Gasteiger partial charge in [0.05, 0.1) is 0 Å². The topological polar surface area (TPSA) is 73.4 Å². The fourth-order valence-corrected chi connectivity index (χ4v) is 1.98. The van der Waals surface area contributed by atoms with Gasteiger partial charge in [-0.25, -0.2) is 0 Å². The number of aromatic amines is 1. The number of carbonyl (C=O) groups excluding carboxylic acids is 1. The molecule has 0 saturated carbocycles. The molecule has 0 saturated heterocycles. The molecule has 5 nitrogen and oxygen atoms in total. The molecule has 19 heavy (non-hydrogen) atoms. The molecule has 100 valence electrons. The molecule has 1 heterocycles. The van der Waals surface area contributed by atoms with E-state index in [0.717, 1.165) is 10.9 Å². The van der Waals surface area contributed by atoms with Crippen LogP contribution in [0.15, 0.2) is 30.5 Å². The summed E-state index contributed by atoms with van der Waals surface area (Å²) in [5.74, 6) is -1.28. The minimum Gasteiger partial charge on any atom is -0.480 e. The van der Waals surface area contributed by atoms with Crippen molar-refractivity contribution in [2.75, 3.05) is 6.54 Å². The first-order valence-electron chi connectivity index (χ1n) is 6.09. The van der Waals surface area contributed by atoms with Crippen LogP contribution in [0, 0.1) is 0 Å². The highest BCUT2D eigenvalue weighted by Crippen LogP contribution is 2.16. The summed E-state index contributed by atoms with van der Waals surface area (Å²) in [5.41, 5.74) is 1.36. The molecule has 0 radical (unpaired) electrons. The standard InChI is InChI=1S/C14H16N2O3/c1-9(2)16(8-13(17)18)14(19)11-4-3-10-5-6-15-12(10)7-11/h3-7,9,15H,8H2,1-2H3,(H,17,18). The average molecular weight is 260 g/mol. The van der Waals surface area contributed by atoms with Crippen molar-refractivity contribution in [3.63, 3.8) is 0 Å². The zero-order chi connectivity index (χ0) is 14.0. The minimum atomic E-state index is -1.01. The van der Waals surface area contributed by atoms with E-state index in [1.165, 1.54) is 4.90 Å². The lowest BCUT2D eigenvalue weighted by molar-refractivity contribution is -0.138. The molecule has 0 bridgehead atoms. The van der Waals surface area contributed by atoms with E-state index in [4.69, 9.17) is 5.11 Å². The second-order valence-electron chi connectivity index (χ2n) is 4.70. The van der Waals surface area contributed by atoms with Crippen molar-refractivity contribution >= 4 is 22.8 Å². The zero-order valence-electron chi connectivity index (χ0n) is 10.9. The molecule has 0 aliphatic rings. The van der Waals surface area contributed by atoms with Gasteiger partial charge in [0.15, 0.2) is 0 Å². The lowest BCUT2D eigenvalue weighted by atomic mass is 10.1. The highest BCUT2D eigenvalue weighted by Gasteiger charge is 2.21. The van der Waals surface area contributed by atoms with E-state index in [-0.39, 0.29) is 18.5 Å². The molecular formula is C14H16N2O3. The second-order valence-corrected chi connectivity index (χ2v) is 4.70. The van der Waals surface area contributed by atoms with Crippen molar-refractivity contribution in [1.29, 1.82) is 0 Å². The summed E-state index contributed by atoms with van der Waals surface area (Å²) in [6, 6.07) is 7.06. The molecule has 0 spiro atoms. The van der Waals surface area contributed by atoms with E-state index in [1.807, 2.05) is 12.1 Å². The van der Waals surface area contributed by atoms with E-state index in [0.29, 0.717) is 5.56 Å². The van der Waals surface area contributed by atoms with E-state index < -0.39 is 5.97 Å². The molecule has 1 aromatic carbocycles. The lowest BCUT2D eigenvalue weighted by Crippen LogP contribution is -2.40. The maximum Gasteiger partial charge on any atom is 0.323 e. The van der Waals surface area contributed by atoms with Crippen molar-refractivity contribution in [1.82, 2.24) is 9.88 Å². The Morgan fingerprint density at radius 3 is 2.68 bits per heavy atom. The number of benzene rings is 1. The van der Waals surface area contributed by atoms with Crippen molar-refractivity contribution in [3.05, 3.63) is 36.0 Å². The largest absolute Gasteiger partial charge is 0.480 e. The maximum absolute atomic E-state index is 12.3. The van der Waals surface area contributed by atoms with E-state index >= 15 is 0 Å². The molecule has 2 aromatic rings. The van der Waals surface area contributed by atoms with Crippen LogP contribution in [0.2, 0.25) is 0 Å². The van der Waals surface area contributed by atoms with Crippen LogP contribution in [0.25, 0.3) is 10.9 Å². The number of rotatable bonds is 4. The monoisotopic (exact) mass is 260 g/mol. The number of carbonyl (C=O) groups is 2. The number of aliphatic carboxylic acids is 1.